The van der Waals surface area contributed by atoms with Crippen LogP contribution in [0.15, 0.2) is 34.9 Å². The van der Waals surface area contributed by atoms with Gasteiger partial charge in [0.2, 0.25) is 0 Å². The van der Waals surface area contributed by atoms with Gasteiger partial charge in [-0.15, -0.1) is 12.4 Å². The largest absolute Gasteiger partial charge is 0.464 e. The molecule has 1 fully saturated rings. The quantitative estimate of drug-likeness (QED) is 0.914. The van der Waals surface area contributed by atoms with Gasteiger partial charge in [0.05, 0.1) is 6.26 Å². The Labute approximate surface area is 114 Å². The summed E-state index contributed by atoms with van der Waals surface area (Å²) in [6, 6.07) is 8.50. The second kappa shape index (κ2) is 6.26. The van der Waals surface area contributed by atoms with E-state index in [1.54, 1.807) is 6.26 Å². The van der Waals surface area contributed by atoms with E-state index in [0.717, 1.165) is 17.9 Å². The van der Waals surface area contributed by atoms with Gasteiger partial charge in [-0.2, -0.15) is 0 Å². The first-order chi connectivity index (χ1) is 8.43. The summed E-state index contributed by atoms with van der Waals surface area (Å²) in [5.41, 5.74) is 2.45. The van der Waals surface area contributed by atoms with Gasteiger partial charge in [0, 0.05) is 5.39 Å². The van der Waals surface area contributed by atoms with E-state index in [1.807, 2.05) is 6.07 Å². The molecule has 0 unspecified atom stereocenters. The number of halogens is 1. The fourth-order valence-electron chi connectivity index (χ4n) is 2.78. The minimum atomic E-state index is 0. The fraction of sp³-hybridized carbons (Fsp3) is 0.467. The van der Waals surface area contributed by atoms with Crippen molar-refractivity contribution < 1.29 is 4.42 Å². The molecule has 1 aliphatic rings. The smallest absolute Gasteiger partial charge is 0.137 e. The third kappa shape index (κ3) is 2.88. The topological polar surface area (TPSA) is 25.2 Å². The summed E-state index contributed by atoms with van der Waals surface area (Å²) in [6.45, 7) is 2.38. The Morgan fingerprint density at radius 2 is 2.00 bits per heavy atom. The number of fused-ring (bicyclic) bond motifs is 1. The van der Waals surface area contributed by atoms with Gasteiger partial charge in [-0.3, -0.25) is 0 Å². The van der Waals surface area contributed by atoms with Gasteiger partial charge in [-0.1, -0.05) is 18.2 Å². The highest BCUT2D eigenvalue weighted by atomic mass is 35.5. The second-order valence-corrected chi connectivity index (χ2v) is 4.99. The zero-order valence-electron chi connectivity index (χ0n) is 10.5. The molecule has 2 nitrogen and oxygen atoms in total. The Bertz CT molecular complexity index is 488. The highest BCUT2D eigenvalue weighted by Gasteiger charge is 2.13. The molecule has 0 bridgehead atoms. The lowest BCUT2D eigenvalue weighted by Crippen LogP contribution is -2.27. The molecular formula is C15H20ClNO. The zero-order valence-corrected chi connectivity index (χ0v) is 11.3. The van der Waals surface area contributed by atoms with Crippen molar-refractivity contribution in [3.05, 3.63) is 36.1 Å². The molecule has 1 aliphatic heterocycles. The number of furan rings is 1. The molecule has 0 spiro atoms. The number of aryl methyl sites for hydroxylation is 1. The van der Waals surface area contributed by atoms with Gasteiger partial charge in [-0.25, -0.2) is 0 Å². The predicted molar refractivity (Wildman–Crippen MR) is 77.4 cm³/mol. The van der Waals surface area contributed by atoms with Gasteiger partial charge in [0.25, 0.3) is 0 Å². The average Bonchev–Trinajstić information content (AvgIpc) is 2.86. The zero-order chi connectivity index (χ0) is 11.5. The van der Waals surface area contributed by atoms with Crippen molar-refractivity contribution in [2.45, 2.75) is 25.7 Å². The molecule has 1 N–H and O–H groups in total. The number of rotatable bonds is 3. The molecule has 2 aromatic rings. The molecule has 98 valence electrons. The molecule has 18 heavy (non-hydrogen) atoms. The summed E-state index contributed by atoms with van der Waals surface area (Å²) in [6.07, 6.45) is 6.89. The highest BCUT2D eigenvalue weighted by molar-refractivity contribution is 5.85. The van der Waals surface area contributed by atoms with E-state index in [0.29, 0.717) is 0 Å². The van der Waals surface area contributed by atoms with E-state index in [4.69, 9.17) is 4.42 Å². The number of benzene rings is 1. The Balaban J connectivity index is 0.00000120. The van der Waals surface area contributed by atoms with E-state index in [2.05, 4.69) is 23.5 Å². The minimum Gasteiger partial charge on any atom is -0.464 e. The molecule has 1 saturated heterocycles. The van der Waals surface area contributed by atoms with E-state index < -0.39 is 0 Å². The lowest BCUT2D eigenvalue weighted by atomic mass is 9.91. The third-order valence-corrected chi connectivity index (χ3v) is 3.84. The SMILES string of the molecule is Cl.c1cc(CCC2CCNCC2)c2occc2c1. The maximum Gasteiger partial charge on any atom is 0.137 e. The number of piperidine rings is 1. The van der Waals surface area contributed by atoms with Crippen molar-refractivity contribution in [1.82, 2.24) is 5.32 Å². The van der Waals surface area contributed by atoms with E-state index in [1.165, 1.54) is 43.3 Å². The number of hydrogen-bond donors (Lipinski definition) is 1. The summed E-state index contributed by atoms with van der Waals surface area (Å²) < 4.78 is 5.58. The predicted octanol–water partition coefficient (Wildman–Crippen LogP) is 3.79. The minimum absolute atomic E-state index is 0. The molecule has 0 aliphatic carbocycles. The van der Waals surface area contributed by atoms with Crippen LogP contribution in [0.2, 0.25) is 0 Å². The van der Waals surface area contributed by atoms with Crippen LogP contribution in [0, 0.1) is 5.92 Å². The number of hydrogen-bond acceptors (Lipinski definition) is 2. The lowest BCUT2D eigenvalue weighted by molar-refractivity contribution is 0.354. The van der Waals surface area contributed by atoms with Crippen molar-refractivity contribution in [3.8, 4) is 0 Å². The van der Waals surface area contributed by atoms with Crippen LogP contribution in [0.1, 0.15) is 24.8 Å². The van der Waals surface area contributed by atoms with Crippen molar-refractivity contribution in [2.75, 3.05) is 13.1 Å². The van der Waals surface area contributed by atoms with Crippen LogP contribution in [-0.2, 0) is 6.42 Å². The molecule has 0 atom stereocenters. The number of nitrogens with one attached hydrogen (secondary N) is 1. The van der Waals surface area contributed by atoms with E-state index >= 15 is 0 Å². The fourth-order valence-corrected chi connectivity index (χ4v) is 2.78. The van der Waals surface area contributed by atoms with Crippen LogP contribution in [-0.4, -0.2) is 13.1 Å². The molecule has 0 saturated carbocycles. The third-order valence-electron chi connectivity index (χ3n) is 3.84. The first-order valence-electron chi connectivity index (χ1n) is 6.59. The first kappa shape index (κ1) is 13.4. The first-order valence-corrected chi connectivity index (χ1v) is 6.59. The standard InChI is InChI=1S/C15H19NO.ClH/c1-2-13(15-14(3-1)8-11-17-15)5-4-12-6-9-16-10-7-12;/h1-3,8,11-12,16H,4-7,9-10H2;1H. The summed E-state index contributed by atoms with van der Waals surface area (Å²) in [7, 11) is 0. The maximum atomic E-state index is 5.58. The van der Waals surface area contributed by atoms with Crippen molar-refractivity contribution >= 4 is 23.4 Å². The van der Waals surface area contributed by atoms with Gasteiger partial charge in [0.15, 0.2) is 0 Å². The Hall–Kier alpha value is -0.990. The molecule has 0 radical (unpaired) electrons. The monoisotopic (exact) mass is 265 g/mol. The molecule has 3 rings (SSSR count). The Morgan fingerprint density at radius 1 is 1.17 bits per heavy atom. The van der Waals surface area contributed by atoms with E-state index in [-0.39, 0.29) is 12.4 Å². The van der Waals surface area contributed by atoms with E-state index in [9.17, 15) is 0 Å². The summed E-state index contributed by atoms with van der Waals surface area (Å²) in [5, 5.41) is 4.65. The summed E-state index contributed by atoms with van der Waals surface area (Å²) in [5.74, 6) is 0.890. The van der Waals surface area contributed by atoms with Crippen LogP contribution in [0.5, 0.6) is 0 Å². The molecule has 1 aromatic carbocycles. The lowest BCUT2D eigenvalue weighted by Gasteiger charge is -2.22. The maximum absolute atomic E-state index is 5.58. The van der Waals surface area contributed by atoms with Crippen LogP contribution >= 0.6 is 12.4 Å². The molecule has 1 aromatic heterocycles. The summed E-state index contributed by atoms with van der Waals surface area (Å²) >= 11 is 0. The van der Waals surface area contributed by atoms with Crippen LogP contribution < -0.4 is 5.32 Å². The average molecular weight is 266 g/mol. The Morgan fingerprint density at radius 3 is 2.83 bits per heavy atom. The van der Waals surface area contributed by atoms with Gasteiger partial charge in [-0.05, 0) is 56.3 Å². The molecule has 0 amide bonds. The van der Waals surface area contributed by atoms with Gasteiger partial charge >= 0.3 is 0 Å². The molecule has 3 heteroatoms. The highest BCUT2D eigenvalue weighted by Crippen LogP contribution is 2.24. The van der Waals surface area contributed by atoms with Crippen molar-refractivity contribution in [3.63, 3.8) is 0 Å². The molecular weight excluding hydrogens is 246 g/mol. The van der Waals surface area contributed by atoms with Crippen molar-refractivity contribution in [2.24, 2.45) is 5.92 Å². The van der Waals surface area contributed by atoms with Crippen LogP contribution in [0.4, 0.5) is 0 Å². The van der Waals surface area contributed by atoms with Crippen LogP contribution in [0.25, 0.3) is 11.0 Å². The molecule has 2 heterocycles. The second-order valence-electron chi connectivity index (χ2n) is 4.99. The van der Waals surface area contributed by atoms with Crippen LogP contribution in [0.3, 0.4) is 0 Å². The summed E-state index contributed by atoms with van der Waals surface area (Å²) in [4.78, 5) is 0. The number of para-hydroxylation sites is 1. The Kier molecular flexibility index (Phi) is 4.67. The van der Waals surface area contributed by atoms with Crippen molar-refractivity contribution in [1.29, 1.82) is 0 Å². The van der Waals surface area contributed by atoms with Gasteiger partial charge in [0.1, 0.15) is 5.58 Å². The normalized spacial score (nSPS) is 16.7. The van der Waals surface area contributed by atoms with Gasteiger partial charge < -0.3 is 9.73 Å².